The molecule has 0 bridgehead atoms. The lowest BCUT2D eigenvalue weighted by Gasteiger charge is -2.20. The van der Waals surface area contributed by atoms with Crippen LogP contribution in [0.25, 0.3) is 0 Å². The fourth-order valence-electron chi connectivity index (χ4n) is 3.53. The van der Waals surface area contributed by atoms with Crippen LogP contribution in [-0.2, 0) is 10.5 Å². The normalized spacial score (nSPS) is 15.9. The van der Waals surface area contributed by atoms with E-state index in [1.54, 1.807) is 11.8 Å². The Bertz CT molecular complexity index is 868. The zero-order valence-electron chi connectivity index (χ0n) is 18.4. The quantitative estimate of drug-likeness (QED) is 0.478. The SMILES string of the molecule is CCCN(C)c1nc(SCc2cccc(C(=O)NC[C@@H]3CCCO3)c2)nc(C)c1C. The van der Waals surface area contributed by atoms with Gasteiger partial charge in [0.15, 0.2) is 5.16 Å². The highest BCUT2D eigenvalue weighted by Crippen LogP contribution is 2.26. The third-order valence-corrected chi connectivity index (χ3v) is 6.25. The molecule has 0 unspecified atom stereocenters. The first-order chi connectivity index (χ1) is 14.5. The molecule has 2 heterocycles. The zero-order valence-corrected chi connectivity index (χ0v) is 19.2. The van der Waals surface area contributed by atoms with E-state index < -0.39 is 0 Å². The number of rotatable bonds is 9. The van der Waals surface area contributed by atoms with Gasteiger partial charge in [0.25, 0.3) is 5.91 Å². The number of carbonyl (C=O) groups excluding carboxylic acids is 1. The topological polar surface area (TPSA) is 67.4 Å². The number of aromatic nitrogens is 2. The van der Waals surface area contributed by atoms with Crippen molar-refractivity contribution in [3.05, 3.63) is 46.6 Å². The second-order valence-electron chi connectivity index (χ2n) is 7.80. The van der Waals surface area contributed by atoms with E-state index >= 15 is 0 Å². The van der Waals surface area contributed by atoms with Crippen LogP contribution >= 0.6 is 11.8 Å². The summed E-state index contributed by atoms with van der Waals surface area (Å²) in [6.45, 7) is 8.60. The number of amides is 1. The molecule has 0 saturated carbocycles. The molecular weight excluding hydrogens is 396 g/mol. The van der Waals surface area contributed by atoms with Gasteiger partial charge in [-0.2, -0.15) is 0 Å². The molecule has 2 aromatic rings. The van der Waals surface area contributed by atoms with Gasteiger partial charge < -0.3 is 15.0 Å². The number of nitrogens with one attached hydrogen (secondary N) is 1. The number of aryl methyl sites for hydroxylation is 1. The number of thioether (sulfide) groups is 1. The van der Waals surface area contributed by atoms with Gasteiger partial charge >= 0.3 is 0 Å². The van der Waals surface area contributed by atoms with Gasteiger partial charge in [-0.3, -0.25) is 4.79 Å². The van der Waals surface area contributed by atoms with Crippen molar-refractivity contribution >= 4 is 23.5 Å². The average molecular weight is 429 g/mol. The van der Waals surface area contributed by atoms with Gasteiger partial charge in [-0.1, -0.05) is 30.8 Å². The first-order valence-electron chi connectivity index (χ1n) is 10.7. The second kappa shape index (κ2) is 10.8. The maximum atomic E-state index is 12.5. The van der Waals surface area contributed by atoms with E-state index in [2.05, 4.69) is 36.1 Å². The summed E-state index contributed by atoms with van der Waals surface area (Å²) in [5.74, 6) is 1.66. The Morgan fingerprint density at radius 3 is 2.90 bits per heavy atom. The lowest BCUT2D eigenvalue weighted by atomic mass is 10.1. The number of hydrogen-bond donors (Lipinski definition) is 1. The van der Waals surface area contributed by atoms with E-state index in [0.717, 1.165) is 60.2 Å². The van der Waals surface area contributed by atoms with Crippen LogP contribution in [-0.4, -0.2) is 48.7 Å². The van der Waals surface area contributed by atoms with Crippen LogP contribution < -0.4 is 10.2 Å². The third-order valence-electron chi connectivity index (χ3n) is 5.33. The van der Waals surface area contributed by atoms with Gasteiger partial charge in [0.05, 0.1) is 6.10 Å². The van der Waals surface area contributed by atoms with Crippen LogP contribution in [0.1, 0.15) is 53.4 Å². The maximum Gasteiger partial charge on any atom is 0.251 e. The standard InChI is InChI=1S/C23H32N4O2S/c1-5-11-27(4)21-16(2)17(3)25-23(26-21)30-15-18-8-6-9-19(13-18)22(28)24-14-20-10-7-12-29-20/h6,8-9,13,20H,5,7,10-12,14-15H2,1-4H3,(H,24,28)/t20-/m0/s1. The van der Waals surface area contributed by atoms with Crippen molar-refractivity contribution in [3.63, 3.8) is 0 Å². The van der Waals surface area contributed by atoms with E-state index in [1.165, 1.54) is 0 Å². The van der Waals surface area contributed by atoms with Crippen molar-refractivity contribution in [1.29, 1.82) is 0 Å². The summed E-state index contributed by atoms with van der Waals surface area (Å²) in [5, 5.41) is 3.75. The molecule has 7 heteroatoms. The van der Waals surface area contributed by atoms with Crippen molar-refractivity contribution in [2.75, 3.05) is 31.6 Å². The Labute approximate surface area is 183 Å². The Morgan fingerprint density at radius 1 is 1.33 bits per heavy atom. The molecule has 1 aromatic carbocycles. The highest BCUT2D eigenvalue weighted by molar-refractivity contribution is 7.98. The minimum atomic E-state index is -0.0525. The van der Waals surface area contributed by atoms with Crippen molar-refractivity contribution in [3.8, 4) is 0 Å². The lowest BCUT2D eigenvalue weighted by molar-refractivity contribution is 0.0857. The van der Waals surface area contributed by atoms with Crippen LogP contribution in [0.5, 0.6) is 0 Å². The number of hydrogen-bond acceptors (Lipinski definition) is 6. The molecule has 1 N–H and O–H groups in total. The molecule has 1 amide bonds. The summed E-state index contributed by atoms with van der Waals surface area (Å²) in [6.07, 6.45) is 3.31. The van der Waals surface area contributed by atoms with E-state index in [9.17, 15) is 4.79 Å². The molecule has 30 heavy (non-hydrogen) atoms. The van der Waals surface area contributed by atoms with Crippen LogP contribution in [0, 0.1) is 13.8 Å². The van der Waals surface area contributed by atoms with E-state index in [0.29, 0.717) is 17.9 Å². The fraction of sp³-hybridized carbons (Fsp3) is 0.522. The molecule has 1 saturated heterocycles. The number of carbonyl (C=O) groups is 1. The van der Waals surface area contributed by atoms with Crippen LogP contribution in [0.3, 0.4) is 0 Å². The Hall–Kier alpha value is -2.12. The second-order valence-corrected chi connectivity index (χ2v) is 8.74. The van der Waals surface area contributed by atoms with Crippen LogP contribution in [0.4, 0.5) is 5.82 Å². The van der Waals surface area contributed by atoms with Gasteiger partial charge in [0, 0.05) is 49.3 Å². The molecule has 3 rings (SSSR count). The average Bonchev–Trinajstić information content (AvgIpc) is 3.26. The van der Waals surface area contributed by atoms with Gasteiger partial charge in [0.1, 0.15) is 5.82 Å². The number of ether oxygens (including phenoxy) is 1. The van der Waals surface area contributed by atoms with Gasteiger partial charge in [-0.05, 0) is 50.8 Å². The van der Waals surface area contributed by atoms with Gasteiger partial charge in [0.2, 0.25) is 0 Å². The Balaban J connectivity index is 1.63. The summed E-state index contributed by atoms with van der Waals surface area (Å²) in [5.41, 5.74) is 3.89. The van der Waals surface area contributed by atoms with Crippen molar-refractivity contribution in [1.82, 2.24) is 15.3 Å². The largest absolute Gasteiger partial charge is 0.376 e. The summed E-state index contributed by atoms with van der Waals surface area (Å²) >= 11 is 1.60. The van der Waals surface area contributed by atoms with Crippen molar-refractivity contribution < 1.29 is 9.53 Å². The molecule has 1 aliphatic rings. The fourth-order valence-corrected chi connectivity index (χ4v) is 4.36. The first-order valence-corrected chi connectivity index (χ1v) is 11.6. The molecule has 1 atom stereocenters. The van der Waals surface area contributed by atoms with Crippen LogP contribution in [0.15, 0.2) is 29.4 Å². The predicted octanol–water partition coefficient (Wildman–Crippen LogP) is 4.14. The molecule has 0 radical (unpaired) electrons. The van der Waals surface area contributed by atoms with Gasteiger partial charge in [-0.15, -0.1) is 0 Å². The zero-order chi connectivity index (χ0) is 21.5. The predicted molar refractivity (Wildman–Crippen MR) is 122 cm³/mol. The van der Waals surface area contributed by atoms with E-state index in [1.807, 2.05) is 31.2 Å². The first kappa shape index (κ1) is 22.6. The molecule has 0 spiro atoms. The van der Waals surface area contributed by atoms with E-state index in [4.69, 9.17) is 9.72 Å². The van der Waals surface area contributed by atoms with Crippen molar-refractivity contribution in [2.24, 2.45) is 0 Å². The summed E-state index contributed by atoms with van der Waals surface area (Å²) in [4.78, 5) is 24.1. The smallest absolute Gasteiger partial charge is 0.251 e. The van der Waals surface area contributed by atoms with Crippen molar-refractivity contribution in [2.45, 2.75) is 57.0 Å². The number of nitrogens with zero attached hydrogens (tertiary/aromatic N) is 3. The van der Waals surface area contributed by atoms with Crippen LogP contribution in [0.2, 0.25) is 0 Å². The summed E-state index contributed by atoms with van der Waals surface area (Å²) in [7, 11) is 2.07. The Kier molecular flexibility index (Phi) is 8.10. The minimum absolute atomic E-state index is 0.0525. The van der Waals surface area contributed by atoms with E-state index in [-0.39, 0.29) is 12.0 Å². The molecule has 0 aliphatic carbocycles. The monoisotopic (exact) mass is 428 g/mol. The molecule has 6 nitrogen and oxygen atoms in total. The third kappa shape index (κ3) is 5.95. The highest BCUT2D eigenvalue weighted by atomic mass is 32.2. The maximum absolute atomic E-state index is 12.5. The summed E-state index contributed by atoms with van der Waals surface area (Å²) < 4.78 is 5.57. The van der Waals surface area contributed by atoms with Gasteiger partial charge in [-0.25, -0.2) is 9.97 Å². The number of anilines is 1. The highest BCUT2D eigenvalue weighted by Gasteiger charge is 2.17. The number of benzene rings is 1. The minimum Gasteiger partial charge on any atom is -0.376 e. The molecular formula is C23H32N4O2S. The molecule has 1 aromatic heterocycles. The Morgan fingerprint density at radius 2 is 2.17 bits per heavy atom. The summed E-state index contributed by atoms with van der Waals surface area (Å²) in [6, 6.07) is 7.76. The molecule has 162 valence electrons. The molecule has 1 fully saturated rings. The lowest BCUT2D eigenvalue weighted by Crippen LogP contribution is -2.31. The molecule has 1 aliphatic heterocycles.